The van der Waals surface area contributed by atoms with Crippen molar-refractivity contribution < 1.29 is 28.6 Å². The Labute approximate surface area is 167 Å². The van der Waals surface area contributed by atoms with Crippen LogP contribution in [-0.4, -0.2) is 32.3 Å². The van der Waals surface area contributed by atoms with Crippen LogP contribution in [0.15, 0.2) is 54.6 Å². The van der Waals surface area contributed by atoms with Gasteiger partial charge in [0.2, 0.25) is 0 Å². The van der Waals surface area contributed by atoms with Gasteiger partial charge in [-0.2, -0.15) is 0 Å². The van der Waals surface area contributed by atoms with Gasteiger partial charge in [-0.05, 0) is 17.2 Å². The van der Waals surface area contributed by atoms with E-state index in [0.717, 1.165) is 19.8 Å². The topological polar surface area (TPSA) is 90.9 Å². The smallest absolute Gasteiger partial charge is 0.407 e. The Morgan fingerprint density at radius 1 is 0.929 bits per heavy atom. The summed E-state index contributed by atoms with van der Waals surface area (Å²) in [6.07, 6.45) is -0.827. The molecule has 2 rings (SSSR count). The van der Waals surface area contributed by atoms with Gasteiger partial charge in [-0.25, -0.2) is 4.79 Å². The molecule has 0 saturated carbocycles. The van der Waals surface area contributed by atoms with Crippen LogP contribution in [0, 0.1) is 5.92 Å². The highest BCUT2D eigenvalue weighted by Crippen LogP contribution is 2.30. The van der Waals surface area contributed by atoms with Gasteiger partial charge >= 0.3 is 18.0 Å². The highest BCUT2D eigenvalue weighted by molar-refractivity contribution is 6.31. The number of amides is 1. The van der Waals surface area contributed by atoms with E-state index in [9.17, 15) is 14.4 Å². The Balaban J connectivity index is 2.27. The van der Waals surface area contributed by atoms with Crippen LogP contribution >= 0.6 is 11.6 Å². The second kappa shape index (κ2) is 10.3. The number of alkyl carbamates (subject to hydrolysis) is 1. The molecule has 0 fully saturated rings. The number of ether oxygens (including phenoxy) is 3. The number of esters is 2. The number of methoxy groups -OCH3 is 2. The maximum absolute atomic E-state index is 12.4. The Morgan fingerprint density at radius 3 is 2.07 bits per heavy atom. The molecule has 0 heterocycles. The molecule has 8 heteroatoms. The van der Waals surface area contributed by atoms with Crippen molar-refractivity contribution in [2.75, 3.05) is 14.2 Å². The van der Waals surface area contributed by atoms with Gasteiger partial charge in [0.15, 0.2) is 5.92 Å². The number of hydrogen-bond acceptors (Lipinski definition) is 6. The van der Waals surface area contributed by atoms with E-state index in [2.05, 4.69) is 5.32 Å². The summed E-state index contributed by atoms with van der Waals surface area (Å²) < 4.78 is 14.6. The molecule has 0 aromatic heterocycles. The molecule has 0 aliphatic carbocycles. The zero-order valence-electron chi connectivity index (χ0n) is 15.4. The van der Waals surface area contributed by atoms with Crippen molar-refractivity contribution in [3.8, 4) is 0 Å². The number of carbonyl (C=O) groups is 3. The number of rotatable bonds is 7. The molecule has 1 amide bonds. The van der Waals surface area contributed by atoms with Crippen molar-refractivity contribution >= 4 is 29.6 Å². The summed E-state index contributed by atoms with van der Waals surface area (Å²) in [5.74, 6) is -3.21. The van der Waals surface area contributed by atoms with Crippen molar-refractivity contribution in [2.45, 2.75) is 12.6 Å². The lowest BCUT2D eigenvalue weighted by Crippen LogP contribution is -2.42. The number of carbonyl (C=O) groups excluding carboxylic acids is 3. The quantitative estimate of drug-likeness (QED) is 0.432. The number of hydrogen-bond donors (Lipinski definition) is 1. The third-order valence-electron chi connectivity index (χ3n) is 3.97. The molecule has 0 unspecified atom stereocenters. The largest absolute Gasteiger partial charge is 0.468 e. The fraction of sp³-hybridized carbons (Fsp3) is 0.250. The van der Waals surface area contributed by atoms with Gasteiger partial charge in [-0.1, -0.05) is 60.1 Å². The standard InChI is InChI=1S/C20H20ClNO6/c1-26-18(23)16(19(24)27-2)17(14-10-6-7-11-15(14)21)22-20(25)28-12-13-8-4-3-5-9-13/h3-11,16-17H,12H2,1-2H3,(H,22,25)/t17-/m1/s1. The Kier molecular flexibility index (Phi) is 7.83. The van der Waals surface area contributed by atoms with Gasteiger partial charge in [0.25, 0.3) is 0 Å². The van der Waals surface area contributed by atoms with Crippen molar-refractivity contribution in [1.29, 1.82) is 0 Å². The van der Waals surface area contributed by atoms with Crippen LogP contribution in [0.25, 0.3) is 0 Å². The van der Waals surface area contributed by atoms with Gasteiger partial charge in [-0.15, -0.1) is 0 Å². The Bertz CT molecular complexity index is 810. The molecule has 2 aromatic carbocycles. The molecule has 0 bridgehead atoms. The van der Waals surface area contributed by atoms with Gasteiger partial charge in [0, 0.05) is 5.02 Å². The summed E-state index contributed by atoms with van der Waals surface area (Å²) in [6.45, 7) is 0.0169. The average molecular weight is 406 g/mol. The van der Waals surface area contributed by atoms with E-state index in [1.165, 1.54) is 0 Å². The van der Waals surface area contributed by atoms with Gasteiger partial charge in [0.05, 0.1) is 20.3 Å². The minimum Gasteiger partial charge on any atom is -0.468 e. The summed E-state index contributed by atoms with van der Waals surface area (Å²) in [5, 5.41) is 2.79. The number of nitrogens with one attached hydrogen (secondary N) is 1. The van der Waals surface area contributed by atoms with Gasteiger partial charge in [-0.3, -0.25) is 9.59 Å². The molecular weight excluding hydrogens is 386 g/mol. The molecule has 28 heavy (non-hydrogen) atoms. The molecule has 0 spiro atoms. The molecular formula is C20H20ClNO6. The maximum Gasteiger partial charge on any atom is 0.407 e. The highest BCUT2D eigenvalue weighted by atomic mass is 35.5. The highest BCUT2D eigenvalue weighted by Gasteiger charge is 2.40. The SMILES string of the molecule is COC(=O)C(C(=O)OC)[C@H](NC(=O)OCc1ccccc1)c1ccccc1Cl. The molecule has 0 radical (unpaired) electrons. The summed E-state index contributed by atoms with van der Waals surface area (Å²) >= 11 is 6.22. The zero-order chi connectivity index (χ0) is 20.5. The third-order valence-corrected chi connectivity index (χ3v) is 4.31. The lowest BCUT2D eigenvalue weighted by Gasteiger charge is -2.25. The summed E-state index contributed by atoms with van der Waals surface area (Å²) in [7, 11) is 2.27. The molecule has 0 saturated heterocycles. The fourth-order valence-electron chi connectivity index (χ4n) is 2.58. The van der Waals surface area contributed by atoms with Gasteiger partial charge < -0.3 is 19.5 Å². The predicted molar refractivity (Wildman–Crippen MR) is 101 cm³/mol. The van der Waals surface area contributed by atoms with Crippen LogP contribution < -0.4 is 5.32 Å². The molecule has 0 aliphatic heterocycles. The Morgan fingerprint density at radius 2 is 1.50 bits per heavy atom. The third kappa shape index (κ3) is 5.47. The molecule has 2 aromatic rings. The summed E-state index contributed by atoms with van der Waals surface area (Å²) in [6, 6.07) is 14.4. The second-order valence-electron chi connectivity index (χ2n) is 5.73. The van der Waals surface area contributed by atoms with Crippen LogP contribution in [0.2, 0.25) is 5.02 Å². The first-order valence-corrected chi connectivity index (χ1v) is 8.73. The minimum absolute atomic E-state index is 0.0169. The van der Waals surface area contributed by atoms with E-state index in [4.69, 9.17) is 25.8 Å². The predicted octanol–water partition coefficient (Wildman–Crippen LogP) is 3.27. The van der Waals surface area contributed by atoms with Crippen LogP contribution in [0.5, 0.6) is 0 Å². The van der Waals surface area contributed by atoms with Crippen molar-refractivity contribution in [2.24, 2.45) is 5.92 Å². The van der Waals surface area contributed by atoms with E-state index in [1.54, 1.807) is 36.4 Å². The van der Waals surface area contributed by atoms with Crippen molar-refractivity contribution in [3.63, 3.8) is 0 Å². The normalized spacial score (nSPS) is 11.4. The monoisotopic (exact) mass is 405 g/mol. The molecule has 1 atom stereocenters. The number of halogens is 1. The van der Waals surface area contributed by atoms with Crippen molar-refractivity contribution in [3.05, 3.63) is 70.7 Å². The zero-order valence-corrected chi connectivity index (χ0v) is 16.1. The lowest BCUT2D eigenvalue weighted by molar-refractivity contribution is -0.160. The van der Waals surface area contributed by atoms with Crippen LogP contribution in [0.1, 0.15) is 17.2 Å². The average Bonchev–Trinajstić information content (AvgIpc) is 2.72. The number of benzene rings is 2. The van der Waals surface area contributed by atoms with Crippen LogP contribution in [0.3, 0.4) is 0 Å². The molecule has 0 aliphatic rings. The first kappa shape index (κ1) is 21.2. The maximum atomic E-state index is 12.4. The summed E-state index contributed by atoms with van der Waals surface area (Å²) in [4.78, 5) is 36.8. The Hall–Kier alpha value is -3.06. The van der Waals surface area contributed by atoms with E-state index >= 15 is 0 Å². The molecule has 7 nitrogen and oxygen atoms in total. The minimum atomic E-state index is -1.46. The van der Waals surface area contributed by atoms with Crippen LogP contribution in [0.4, 0.5) is 4.79 Å². The van der Waals surface area contributed by atoms with Gasteiger partial charge in [0.1, 0.15) is 6.61 Å². The van der Waals surface area contributed by atoms with Crippen molar-refractivity contribution in [1.82, 2.24) is 5.32 Å². The first-order valence-electron chi connectivity index (χ1n) is 8.35. The van der Waals surface area contributed by atoms with E-state index in [-0.39, 0.29) is 11.6 Å². The molecule has 1 N–H and O–H groups in total. The second-order valence-corrected chi connectivity index (χ2v) is 6.14. The van der Waals surface area contributed by atoms with E-state index in [1.807, 2.05) is 18.2 Å². The van der Waals surface area contributed by atoms with Crippen LogP contribution in [-0.2, 0) is 30.4 Å². The molecule has 148 valence electrons. The first-order chi connectivity index (χ1) is 13.5. The van der Waals surface area contributed by atoms with E-state index < -0.39 is 30.0 Å². The van der Waals surface area contributed by atoms with E-state index in [0.29, 0.717) is 5.56 Å². The lowest BCUT2D eigenvalue weighted by atomic mass is 9.93. The fourth-order valence-corrected chi connectivity index (χ4v) is 2.84. The summed E-state index contributed by atoms with van der Waals surface area (Å²) in [5.41, 5.74) is 1.13.